The van der Waals surface area contributed by atoms with Crippen LogP contribution in [0.3, 0.4) is 0 Å². The summed E-state index contributed by atoms with van der Waals surface area (Å²) < 4.78 is 35.3. The van der Waals surface area contributed by atoms with E-state index < -0.39 is 10.1 Å². The second-order valence-corrected chi connectivity index (χ2v) is 10.6. The molecule has 4 rings (SSSR count). The molecular weight excluding hydrogens is 382 g/mol. The number of benzene rings is 2. The highest BCUT2D eigenvalue weighted by Crippen LogP contribution is 2.35. The molecule has 0 radical (unpaired) electrons. The molecule has 5 heteroatoms. The van der Waals surface area contributed by atoms with Crippen molar-refractivity contribution in [1.29, 1.82) is 0 Å². The van der Waals surface area contributed by atoms with Gasteiger partial charge in [-0.15, -0.1) is 0 Å². The van der Waals surface area contributed by atoms with Gasteiger partial charge in [-0.25, -0.2) is 4.58 Å². The lowest BCUT2D eigenvalue weighted by atomic mass is 9.71. The van der Waals surface area contributed by atoms with E-state index in [0.717, 1.165) is 22.7 Å². The maximum Gasteiger partial charge on any atom is 0.269 e. The molecule has 0 fully saturated rings. The normalized spacial score (nSPS) is 18.8. The average molecular weight is 411 g/mol. The SMILES string of the molecule is CC[N+]1=c2cc3c(cc2C(CS(=O)(=O)O)=CC1(C)C)=Cc1ccccc1C3(C)C. The fourth-order valence-corrected chi connectivity index (χ4v) is 5.67. The molecule has 0 aromatic heterocycles. The molecule has 2 aromatic carbocycles. The number of likely N-dealkylation sites (N-methyl/N-ethyl adjacent to an activating group) is 1. The van der Waals surface area contributed by atoms with E-state index in [9.17, 15) is 13.0 Å². The van der Waals surface area contributed by atoms with Crippen LogP contribution in [0.15, 0.2) is 42.5 Å². The van der Waals surface area contributed by atoms with E-state index in [1.807, 2.05) is 12.1 Å². The Hall–Kier alpha value is -2.24. The maximum absolute atomic E-state index is 11.7. The summed E-state index contributed by atoms with van der Waals surface area (Å²) in [6.07, 6.45) is 4.15. The quantitative estimate of drug-likeness (QED) is 0.625. The number of rotatable bonds is 3. The molecule has 0 amide bonds. The molecule has 4 nitrogen and oxygen atoms in total. The Morgan fingerprint density at radius 3 is 2.38 bits per heavy atom. The highest BCUT2D eigenvalue weighted by atomic mass is 32.2. The van der Waals surface area contributed by atoms with Gasteiger partial charge in [-0.2, -0.15) is 8.42 Å². The van der Waals surface area contributed by atoms with Gasteiger partial charge >= 0.3 is 0 Å². The van der Waals surface area contributed by atoms with Crippen molar-refractivity contribution in [1.82, 2.24) is 4.58 Å². The van der Waals surface area contributed by atoms with E-state index >= 15 is 0 Å². The van der Waals surface area contributed by atoms with Crippen LogP contribution in [-0.2, 0) is 15.5 Å². The number of fused-ring (bicyclic) bond motifs is 3. The zero-order valence-electron chi connectivity index (χ0n) is 17.7. The van der Waals surface area contributed by atoms with Crippen LogP contribution in [0.1, 0.15) is 56.9 Å². The van der Waals surface area contributed by atoms with Crippen LogP contribution in [0.25, 0.3) is 11.6 Å². The first kappa shape index (κ1) is 20.0. The fraction of sp³-hybridized carbons (Fsp3) is 0.375. The van der Waals surface area contributed by atoms with Crippen molar-refractivity contribution < 1.29 is 13.0 Å². The van der Waals surface area contributed by atoms with Gasteiger partial charge in [0.2, 0.25) is 5.36 Å². The van der Waals surface area contributed by atoms with Gasteiger partial charge in [0, 0.05) is 25.3 Å². The second kappa shape index (κ2) is 6.38. The van der Waals surface area contributed by atoms with E-state index in [1.54, 1.807) is 0 Å². The van der Waals surface area contributed by atoms with Crippen LogP contribution in [0, 0.1) is 0 Å². The molecule has 0 unspecified atom stereocenters. The Bertz CT molecular complexity index is 1280. The van der Waals surface area contributed by atoms with E-state index in [0.29, 0.717) is 5.57 Å². The predicted molar refractivity (Wildman–Crippen MR) is 118 cm³/mol. The topological polar surface area (TPSA) is 57.4 Å². The standard InChI is InChI=1S/C24H27NO3S/c1-6-25-22-13-21-17(11-16-9-7-8-10-20(16)24(21,4)5)12-19(22)18(14-23(25,2)3)15-29(26,27)28/h7-14H,6,15H2,1-5H3/p+1. The van der Waals surface area contributed by atoms with Gasteiger partial charge in [-0.3, -0.25) is 4.55 Å². The molecule has 0 saturated heterocycles. The number of hydrogen-bond acceptors (Lipinski definition) is 2. The number of nitrogens with zero attached hydrogens (tertiary/aromatic N) is 1. The van der Waals surface area contributed by atoms with Gasteiger partial charge in [-0.1, -0.05) is 38.1 Å². The van der Waals surface area contributed by atoms with Crippen molar-refractivity contribution in [3.8, 4) is 0 Å². The number of hydrogen-bond donors (Lipinski definition) is 1. The zero-order chi connectivity index (χ0) is 21.2. The molecule has 1 N–H and O–H groups in total. The van der Waals surface area contributed by atoms with Crippen molar-refractivity contribution in [3.05, 3.63) is 75.3 Å². The Kier molecular flexibility index (Phi) is 4.41. The lowest BCUT2D eigenvalue weighted by molar-refractivity contribution is 0.401. The molecule has 0 atom stereocenters. The van der Waals surface area contributed by atoms with E-state index in [1.165, 1.54) is 16.7 Å². The van der Waals surface area contributed by atoms with Gasteiger partial charge < -0.3 is 0 Å². The summed E-state index contributed by atoms with van der Waals surface area (Å²) in [4.78, 5) is 0. The summed E-state index contributed by atoms with van der Waals surface area (Å²) in [6.45, 7) is 11.5. The first-order chi connectivity index (χ1) is 13.4. The van der Waals surface area contributed by atoms with Crippen LogP contribution >= 0.6 is 0 Å². The monoisotopic (exact) mass is 410 g/mol. The molecule has 2 aliphatic rings. The lowest BCUT2D eigenvalue weighted by Crippen LogP contribution is -2.50. The summed E-state index contributed by atoms with van der Waals surface area (Å²) in [7, 11) is -4.13. The molecule has 1 heterocycles. The average Bonchev–Trinajstić information content (AvgIpc) is 2.59. The highest BCUT2D eigenvalue weighted by molar-refractivity contribution is 7.86. The minimum Gasteiger partial charge on any atom is -0.285 e. The van der Waals surface area contributed by atoms with Crippen molar-refractivity contribution in [2.75, 3.05) is 12.3 Å². The van der Waals surface area contributed by atoms with Crippen LogP contribution in [0.5, 0.6) is 0 Å². The second-order valence-electron chi connectivity index (χ2n) is 9.11. The summed E-state index contributed by atoms with van der Waals surface area (Å²) in [5, 5.41) is 2.13. The molecule has 0 spiro atoms. The van der Waals surface area contributed by atoms with Crippen molar-refractivity contribution in [3.63, 3.8) is 0 Å². The van der Waals surface area contributed by atoms with E-state index in [4.69, 9.17) is 0 Å². The van der Waals surface area contributed by atoms with Crippen molar-refractivity contribution in [2.45, 2.75) is 45.6 Å². The Labute approximate surface area is 172 Å². The molecule has 1 aliphatic heterocycles. The maximum atomic E-state index is 11.7. The van der Waals surface area contributed by atoms with Gasteiger partial charge in [0.05, 0.1) is 5.56 Å². The summed E-state index contributed by atoms with van der Waals surface area (Å²) in [6, 6.07) is 12.7. The Balaban J connectivity index is 2.11. The smallest absolute Gasteiger partial charge is 0.269 e. The third-order valence-electron chi connectivity index (χ3n) is 6.30. The molecule has 29 heavy (non-hydrogen) atoms. The first-order valence-electron chi connectivity index (χ1n) is 10.0. The van der Waals surface area contributed by atoms with E-state index in [2.05, 4.69) is 75.6 Å². The van der Waals surface area contributed by atoms with Crippen LogP contribution in [-0.4, -0.2) is 30.8 Å². The highest BCUT2D eigenvalue weighted by Gasteiger charge is 2.37. The minimum atomic E-state index is -4.13. The summed E-state index contributed by atoms with van der Waals surface area (Å²) in [5.41, 5.74) is 4.74. The zero-order valence-corrected chi connectivity index (χ0v) is 18.5. The summed E-state index contributed by atoms with van der Waals surface area (Å²) in [5.74, 6) is -0.375. The van der Waals surface area contributed by atoms with Gasteiger partial charge in [0.15, 0.2) is 5.54 Å². The molecule has 0 saturated carbocycles. The Morgan fingerprint density at radius 1 is 1.03 bits per heavy atom. The predicted octanol–water partition coefficient (Wildman–Crippen LogP) is 2.73. The Morgan fingerprint density at radius 2 is 1.72 bits per heavy atom. The lowest BCUT2D eigenvalue weighted by Gasteiger charge is -2.33. The van der Waals surface area contributed by atoms with Crippen LogP contribution in [0.4, 0.5) is 0 Å². The third-order valence-corrected chi connectivity index (χ3v) is 6.98. The minimum absolute atomic E-state index is 0.163. The van der Waals surface area contributed by atoms with Gasteiger partial charge in [0.1, 0.15) is 12.3 Å². The van der Waals surface area contributed by atoms with Gasteiger partial charge in [-0.05, 0) is 52.6 Å². The third kappa shape index (κ3) is 3.26. The van der Waals surface area contributed by atoms with Crippen LogP contribution in [0.2, 0.25) is 0 Å². The molecule has 0 bridgehead atoms. The molecular formula is C24H28NO3S+. The molecule has 2 aromatic rings. The first-order valence-corrected chi connectivity index (χ1v) is 11.6. The van der Waals surface area contributed by atoms with Crippen molar-refractivity contribution >= 4 is 21.8 Å². The molecule has 152 valence electrons. The van der Waals surface area contributed by atoms with Gasteiger partial charge in [0.25, 0.3) is 10.1 Å². The summed E-state index contributed by atoms with van der Waals surface area (Å²) >= 11 is 0. The molecule has 1 aliphatic carbocycles. The van der Waals surface area contributed by atoms with Crippen LogP contribution < -0.4 is 15.2 Å². The largest absolute Gasteiger partial charge is 0.285 e. The van der Waals surface area contributed by atoms with Crippen molar-refractivity contribution in [2.24, 2.45) is 0 Å². The fourth-order valence-electron chi connectivity index (χ4n) is 5.04. The van der Waals surface area contributed by atoms with E-state index in [-0.39, 0.29) is 16.7 Å².